The molecule has 0 amide bonds. The predicted molar refractivity (Wildman–Crippen MR) is 75.2 cm³/mol. The van der Waals surface area contributed by atoms with E-state index < -0.39 is 4.92 Å². The minimum absolute atomic E-state index is 0.0566. The lowest BCUT2D eigenvalue weighted by molar-refractivity contribution is -0.385. The molecule has 1 aliphatic rings. The average Bonchev–Trinajstić information content (AvgIpc) is 3.09. The van der Waals surface area contributed by atoms with Crippen LogP contribution in [0.4, 0.5) is 11.5 Å². The minimum atomic E-state index is -0.490. The van der Waals surface area contributed by atoms with Crippen LogP contribution in [-0.2, 0) is 0 Å². The van der Waals surface area contributed by atoms with E-state index in [2.05, 4.69) is 15.3 Å². The van der Waals surface area contributed by atoms with E-state index >= 15 is 0 Å². The van der Waals surface area contributed by atoms with Crippen LogP contribution in [0, 0.1) is 10.1 Å². The van der Waals surface area contributed by atoms with E-state index in [1.54, 1.807) is 6.92 Å². The van der Waals surface area contributed by atoms with Crippen LogP contribution in [0.3, 0.4) is 0 Å². The summed E-state index contributed by atoms with van der Waals surface area (Å²) < 4.78 is 5.34. The fourth-order valence-electron chi connectivity index (χ4n) is 1.82. The standard InChI is InChI=1S/C13H20N4O3/c1-5-20-12-9(17(18)19)11(16-13(2,3)4)14-10(15-12)8-6-7-8/h8H,5-7H2,1-4H3,(H,14,15,16). The molecule has 110 valence electrons. The Morgan fingerprint density at radius 3 is 2.50 bits per heavy atom. The minimum Gasteiger partial charge on any atom is -0.473 e. The summed E-state index contributed by atoms with van der Waals surface area (Å²) in [4.78, 5) is 19.4. The Kier molecular flexibility index (Phi) is 3.78. The Bertz CT molecular complexity index is 521. The molecule has 1 aromatic heterocycles. The first-order chi connectivity index (χ1) is 9.31. The molecule has 0 saturated heterocycles. The fraction of sp³-hybridized carbons (Fsp3) is 0.692. The average molecular weight is 280 g/mol. The summed E-state index contributed by atoms with van der Waals surface area (Å²) in [7, 11) is 0. The molecule has 0 unspecified atom stereocenters. The Balaban J connectivity index is 2.51. The van der Waals surface area contributed by atoms with E-state index in [-0.39, 0.29) is 22.9 Å². The second kappa shape index (κ2) is 5.22. The van der Waals surface area contributed by atoms with Crippen LogP contribution < -0.4 is 10.1 Å². The topological polar surface area (TPSA) is 90.2 Å². The molecule has 0 aliphatic heterocycles. The van der Waals surface area contributed by atoms with Gasteiger partial charge in [0.25, 0.3) is 5.88 Å². The lowest BCUT2D eigenvalue weighted by atomic mass is 10.1. The van der Waals surface area contributed by atoms with E-state index in [9.17, 15) is 10.1 Å². The number of rotatable bonds is 5. The first-order valence-electron chi connectivity index (χ1n) is 6.79. The summed E-state index contributed by atoms with van der Waals surface area (Å²) in [6, 6.07) is 0. The molecular weight excluding hydrogens is 260 g/mol. The number of hydrogen-bond donors (Lipinski definition) is 1. The van der Waals surface area contributed by atoms with Gasteiger partial charge in [-0.1, -0.05) is 0 Å². The zero-order chi connectivity index (χ0) is 14.9. The highest BCUT2D eigenvalue weighted by molar-refractivity contribution is 5.62. The normalized spacial score (nSPS) is 15.0. The van der Waals surface area contributed by atoms with Gasteiger partial charge in [-0.25, -0.2) is 4.98 Å². The van der Waals surface area contributed by atoms with E-state index in [1.165, 1.54) is 0 Å². The quantitative estimate of drug-likeness (QED) is 0.658. The van der Waals surface area contributed by atoms with E-state index in [0.717, 1.165) is 12.8 Å². The van der Waals surface area contributed by atoms with Crippen LogP contribution in [0.15, 0.2) is 0 Å². The summed E-state index contributed by atoms with van der Waals surface area (Å²) in [6.45, 7) is 7.89. The van der Waals surface area contributed by atoms with Gasteiger partial charge in [-0.3, -0.25) is 10.1 Å². The zero-order valence-corrected chi connectivity index (χ0v) is 12.3. The molecular formula is C13H20N4O3. The molecule has 1 fully saturated rings. The summed E-state index contributed by atoms with van der Waals surface area (Å²) in [5.74, 6) is 1.23. The molecule has 0 bridgehead atoms. The van der Waals surface area contributed by atoms with Crippen molar-refractivity contribution in [2.24, 2.45) is 0 Å². The Morgan fingerprint density at radius 2 is 2.05 bits per heavy atom. The van der Waals surface area contributed by atoms with Crippen molar-refractivity contribution in [3.05, 3.63) is 15.9 Å². The fourth-order valence-corrected chi connectivity index (χ4v) is 1.82. The Labute approximate surface area is 117 Å². The third kappa shape index (κ3) is 3.34. The lowest BCUT2D eigenvalue weighted by Gasteiger charge is -2.21. The molecule has 0 aromatic carbocycles. The maximum Gasteiger partial charge on any atom is 0.372 e. The molecule has 0 radical (unpaired) electrons. The van der Waals surface area contributed by atoms with Gasteiger partial charge in [0.1, 0.15) is 5.82 Å². The number of aromatic nitrogens is 2. The summed E-state index contributed by atoms with van der Waals surface area (Å²) in [5, 5.41) is 14.4. The number of nitrogens with zero attached hydrogens (tertiary/aromatic N) is 3. The molecule has 0 atom stereocenters. The summed E-state index contributed by atoms with van der Waals surface area (Å²) in [6.07, 6.45) is 2.05. The van der Waals surface area contributed by atoms with Gasteiger partial charge < -0.3 is 10.1 Å². The first kappa shape index (κ1) is 14.5. The zero-order valence-electron chi connectivity index (χ0n) is 12.3. The summed E-state index contributed by atoms with van der Waals surface area (Å²) >= 11 is 0. The smallest absolute Gasteiger partial charge is 0.372 e. The predicted octanol–water partition coefficient (Wildman–Crippen LogP) is 2.87. The molecule has 20 heavy (non-hydrogen) atoms. The third-order valence-electron chi connectivity index (χ3n) is 2.77. The SMILES string of the molecule is CCOc1nc(C2CC2)nc(NC(C)(C)C)c1[N+](=O)[O-]. The number of nitro groups is 1. The molecule has 1 saturated carbocycles. The van der Waals surface area contributed by atoms with Gasteiger partial charge in [0.05, 0.1) is 11.5 Å². The van der Waals surface area contributed by atoms with Crippen molar-refractivity contribution < 1.29 is 9.66 Å². The maximum atomic E-state index is 11.3. The molecule has 0 spiro atoms. The van der Waals surface area contributed by atoms with Gasteiger partial charge in [-0.15, -0.1) is 0 Å². The van der Waals surface area contributed by atoms with Crippen molar-refractivity contribution in [2.75, 3.05) is 11.9 Å². The highest BCUT2D eigenvalue weighted by Gasteiger charge is 2.33. The van der Waals surface area contributed by atoms with Crippen LogP contribution in [-0.4, -0.2) is 27.0 Å². The van der Waals surface area contributed by atoms with Crippen LogP contribution >= 0.6 is 0 Å². The number of ether oxygens (including phenoxy) is 1. The summed E-state index contributed by atoms with van der Waals surface area (Å²) in [5.41, 5.74) is -0.519. The molecule has 7 heteroatoms. The van der Waals surface area contributed by atoms with Crippen LogP contribution in [0.5, 0.6) is 5.88 Å². The Hall–Kier alpha value is -1.92. The van der Waals surface area contributed by atoms with Gasteiger partial charge in [0, 0.05) is 11.5 Å². The van der Waals surface area contributed by atoms with Crippen molar-refractivity contribution in [1.29, 1.82) is 0 Å². The molecule has 1 aliphatic carbocycles. The second-order valence-electron chi connectivity index (χ2n) is 5.92. The van der Waals surface area contributed by atoms with Crippen molar-refractivity contribution in [1.82, 2.24) is 9.97 Å². The highest BCUT2D eigenvalue weighted by atomic mass is 16.6. The maximum absolute atomic E-state index is 11.3. The Morgan fingerprint density at radius 1 is 1.40 bits per heavy atom. The number of hydrogen-bond acceptors (Lipinski definition) is 6. The van der Waals surface area contributed by atoms with Gasteiger partial charge in [-0.2, -0.15) is 4.98 Å². The molecule has 2 rings (SSSR count). The van der Waals surface area contributed by atoms with Gasteiger partial charge in [-0.05, 0) is 40.5 Å². The van der Waals surface area contributed by atoms with E-state index in [1.807, 2.05) is 20.8 Å². The monoisotopic (exact) mass is 280 g/mol. The molecule has 1 heterocycles. The van der Waals surface area contributed by atoms with Crippen molar-refractivity contribution >= 4 is 11.5 Å². The van der Waals surface area contributed by atoms with Crippen molar-refractivity contribution in [3.63, 3.8) is 0 Å². The van der Waals surface area contributed by atoms with Crippen molar-refractivity contribution in [3.8, 4) is 5.88 Å². The molecule has 7 nitrogen and oxygen atoms in total. The van der Waals surface area contributed by atoms with Crippen LogP contribution in [0.1, 0.15) is 52.3 Å². The van der Waals surface area contributed by atoms with E-state index in [4.69, 9.17) is 4.74 Å². The second-order valence-corrected chi connectivity index (χ2v) is 5.92. The third-order valence-corrected chi connectivity index (χ3v) is 2.77. The largest absolute Gasteiger partial charge is 0.473 e. The number of anilines is 1. The van der Waals surface area contributed by atoms with Gasteiger partial charge >= 0.3 is 5.69 Å². The van der Waals surface area contributed by atoms with Crippen LogP contribution in [0.2, 0.25) is 0 Å². The highest BCUT2D eigenvalue weighted by Crippen LogP contribution is 2.42. The number of nitrogens with one attached hydrogen (secondary N) is 1. The molecule has 1 aromatic rings. The molecule has 1 N–H and O–H groups in total. The van der Waals surface area contributed by atoms with E-state index in [0.29, 0.717) is 18.3 Å². The van der Waals surface area contributed by atoms with Gasteiger partial charge in [0.2, 0.25) is 5.82 Å². The van der Waals surface area contributed by atoms with Crippen LogP contribution in [0.25, 0.3) is 0 Å². The lowest BCUT2D eigenvalue weighted by Crippen LogP contribution is -2.27. The van der Waals surface area contributed by atoms with Crippen molar-refractivity contribution in [2.45, 2.75) is 52.0 Å². The first-order valence-corrected chi connectivity index (χ1v) is 6.79. The van der Waals surface area contributed by atoms with Gasteiger partial charge in [0.15, 0.2) is 0 Å².